The first-order valence-electron chi connectivity index (χ1n) is 1.98. The molecule has 0 saturated heterocycles. The van der Waals surface area contributed by atoms with Crippen LogP contribution in [0.25, 0.3) is 0 Å². The third-order valence-corrected chi connectivity index (χ3v) is 0.460. The van der Waals surface area contributed by atoms with Crippen LogP contribution in [-0.4, -0.2) is 5.26 Å². The Morgan fingerprint density at radius 1 is 1.71 bits per heavy atom. The zero-order valence-corrected chi connectivity index (χ0v) is 4.00. The lowest BCUT2D eigenvalue weighted by molar-refractivity contribution is -0.186. The van der Waals surface area contributed by atoms with Gasteiger partial charge in [0.05, 0.1) is 0 Å². The molecule has 40 valence electrons. The second-order valence-corrected chi connectivity index (χ2v) is 1.00. The van der Waals surface area contributed by atoms with Crippen molar-refractivity contribution in [2.45, 2.75) is 6.42 Å². The first-order valence-corrected chi connectivity index (χ1v) is 1.98. The summed E-state index contributed by atoms with van der Waals surface area (Å²) in [5.74, 6) is 0. The fraction of sp³-hybridized carbons (Fsp3) is 0.200. The number of hydrogen-bond acceptors (Lipinski definition) is 2. The fourth-order valence-corrected chi connectivity index (χ4v) is 0.195. The van der Waals surface area contributed by atoms with E-state index in [9.17, 15) is 0 Å². The molecule has 0 amide bonds. The Morgan fingerprint density at radius 3 is 2.86 bits per heavy atom. The standard InChI is InChI=1S/C5H8O2/c1-2-3-4-5-7-6/h2,4-6H,1,3H2. The smallest absolute Gasteiger partial charge is 0.125 e. The van der Waals surface area contributed by atoms with Crippen LogP contribution in [0.3, 0.4) is 0 Å². The minimum atomic E-state index is 0.723. The predicted molar refractivity (Wildman–Crippen MR) is 27.7 cm³/mol. The van der Waals surface area contributed by atoms with Crippen LogP contribution in [-0.2, 0) is 4.89 Å². The van der Waals surface area contributed by atoms with Crippen LogP contribution < -0.4 is 0 Å². The van der Waals surface area contributed by atoms with Gasteiger partial charge in [-0.25, -0.2) is 5.26 Å². The molecule has 2 heteroatoms. The first-order chi connectivity index (χ1) is 3.41. The Morgan fingerprint density at radius 2 is 2.43 bits per heavy atom. The summed E-state index contributed by atoms with van der Waals surface area (Å²) in [6.45, 7) is 3.44. The van der Waals surface area contributed by atoms with Crippen LogP contribution in [0.15, 0.2) is 25.0 Å². The molecule has 0 aliphatic carbocycles. The summed E-state index contributed by atoms with van der Waals surface area (Å²) in [6, 6.07) is 0. The summed E-state index contributed by atoms with van der Waals surface area (Å²) in [6.07, 6.45) is 5.27. The van der Waals surface area contributed by atoms with Gasteiger partial charge in [-0.05, 0) is 12.5 Å². The second kappa shape index (κ2) is 5.24. The summed E-state index contributed by atoms with van der Waals surface area (Å²) in [4.78, 5) is 3.62. The lowest BCUT2D eigenvalue weighted by Gasteiger charge is -1.78. The van der Waals surface area contributed by atoms with Gasteiger partial charge in [-0.1, -0.05) is 6.08 Å². The zero-order valence-electron chi connectivity index (χ0n) is 4.00. The van der Waals surface area contributed by atoms with Crippen LogP contribution in [0.4, 0.5) is 0 Å². The van der Waals surface area contributed by atoms with Gasteiger partial charge < -0.3 is 4.89 Å². The van der Waals surface area contributed by atoms with E-state index in [2.05, 4.69) is 11.5 Å². The zero-order chi connectivity index (χ0) is 5.54. The molecule has 0 aliphatic heterocycles. The van der Waals surface area contributed by atoms with E-state index in [4.69, 9.17) is 5.26 Å². The second-order valence-electron chi connectivity index (χ2n) is 1.00. The van der Waals surface area contributed by atoms with Gasteiger partial charge in [0.2, 0.25) is 0 Å². The quantitative estimate of drug-likeness (QED) is 0.252. The summed E-state index contributed by atoms with van der Waals surface area (Å²) < 4.78 is 0. The number of hydrogen-bond donors (Lipinski definition) is 1. The third-order valence-electron chi connectivity index (χ3n) is 0.460. The lowest BCUT2D eigenvalue weighted by Crippen LogP contribution is -1.63. The normalized spacial score (nSPS) is 9.29. The van der Waals surface area contributed by atoms with E-state index < -0.39 is 0 Å². The van der Waals surface area contributed by atoms with Crippen LogP contribution in [0, 0.1) is 0 Å². The van der Waals surface area contributed by atoms with Gasteiger partial charge in [-0.2, -0.15) is 0 Å². The Bertz CT molecular complexity index is 66.5. The highest BCUT2D eigenvalue weighted by Crippen LogP contribution is 1.80. The highest BCUT2D eigenvalue weighted by atomic mass is 17.1. The van der Waals surface area contributed by atoms with Crippen molar-refractivity contribution in [1.82, 2.24) is 0 Å². The van der Waals surface area contributed by atoms with Gasteiger partial charge in [0, 0.05) is 0 Å². The Kier molecular flexibility index (Phi) is 4.67. The molecule has 0 rings (SSSR count). The van der Waals surface area contributed by atoms with E-state index in [0.29, 0.717) is 0 Å². The fourth-order valence-electron chi connectivity index (χ4n) is 0.195. The van der Waals surface area contributed by atoms with Crippen molar-refractivity contribution in [1.29, 1.82) is 0 Å². The largest absolute Gasteiger partial charge is 0.349 e. The van der Waals surface area contributed by atoms with Crippen molar-refractivity contribution in [3.8, 4) is 0 Å². The minimum absolute atomic E-state index is 0.723. The first kappa shape index (κ1) is 6.24. The summed E-state index contributed by atoms with van der Waals surface area (Å²) in [7, 11) is 0. The third kappa shape index (κ3) is 5.24. The monoisotopic (exact) mass is 100 g/mol. The van der Waals surface area contributed by atoms with Gasteiger partial charge in [0.1, 0.15) is 6.26 Å². The molecule has 0 unspecified atom stereocenters. The average molecular weight is 100 g/mol. The van der Waals surface area contributed by atoms with Crippen LogP contribution in [0.5, 0.6) is 0 Å². The van der Waals surface area contributed by atoms with E-state index in [1.54, 1.807) is 12.2 Å². The van der Waals surface area contributed by atoms with Crippen LogP contribution in [0.1, 0.15) is 6.42 Å². The molecule has 2 nitrogen and oxygen atoms in total. The van der Waals surface area contributed by atoms with Gasteiger partial charge in [0.25, 0.3) is 0 Å². The van der Waals surface area contributed by atoms with Gasteiger partial charge >= 0.3 is 0 Å². The van der Waals surface area contributed by atoms with Crippen molar-refractivity contribution in [3.05, 3.63) is 25.0 Å². The SMILES string of the molecule is C=CCC=COO. The molecule has 0 atom stereocenters. The minimum Gasteiger partial charge on any atom is -0.349 e. The van der Waals surface area contributed by atoms with Gasteiger partial charge in [-0.15, -0.1) is 6.58 Å². The molecule has 1 N–H and O–H groups in total. The lowest BCUT2D eigenvalue weighted by atomic mass is 10.4. The maximum Gasteiger partial charge on any atom is 0.125 e. The number of rotatable bonds is 3. The van der Waals surface area contributed by atoms with Crippen molar-refractivity contribution < 1.29 is 10.1 Å². The molecule has 0 saturated carbocycles. The molecular weight excluding hydrogens is 92.1 g/mol. The van der Waals surface area contributed by atoms with Crippen LogP contribution in [0.2, 0.25) is 0 Å². The molecule has 0 radical (unpaired) electrons. The summed E-state index contributed by atoms with van der Waals surface area (Å²) in [5, 5.41) is 7.67. The van der Waals surface area contributed by atoms with E-state index in [1.807, 2.05) is 0 Å². The summed E-state index contributed by atoms with van der Waals surface area (Å²) >= 11 is 0. The molecule has 7 heavy (non-hydrogen) atoms. The average Bonchev–Trinajstić information content (AvgIpc) is 1.69. The van der Waals surface area contributed by atoms with E-state index in [-0.39, 0.29) is 0 Å². The highest BCUT2D eigenvalue weighted by Gasteiger charge is 1.63. The Labute approximate surface area is 42.7 Å². The maximum atomic E-state index is 7.67. The van der Waals surface area contributed by atoms with E-state index >= 15 is 0 Å². The van der Waals surface area contributed by atoms with Crippen molar-refractivity contribution in [2.75, 3.05) is 0 Å². The molecule has 0 aromatic rings. The van der Waals surface area contributed by atoms with E-state index in [1.165, 1.54) is 6.26 Å². The summed E-state index contributed by atoms with van der Waals surface area (Å²) in [5.41, 5.74) is 0. The maximum absolute atomic E-state index is 7.67. The van der Waals surface area contributed by atoms with Crippen molar-refractivity contribution in [3.63, 3.8) is 0 Å². The molecule has 0 spiro atoms. The molecule has 0 heterocycles. The predicted octanol–water partition coefficient (Wildman–Crippen LogP) is 1.57. The van der Waals surface area contributed by atoms with Gasteiger partial charge in [-0.3, -0.25) is 0 Å². The van der Waals surface area contributed by atoms with Crippen molar-refractivity contribution >= 4 is 0 Å². The molecule has 0 bridgehead atoms. The van der Waals surface area contributed by atoms with Gasteiger partial charge in [0.15, 0.2) is 0 Å². The molecular formula is C5H8O2. The van der Waals surface area contributed by atoms with E-state index in [0.717, 1.165) is 6.42 Å². The van der Waals surface area contributed by atoms with Crippen molar-refractivity contribution in [2.24, 2.45) is 0 Å². The molecule has 0 aliphatic rings. The number of allylic oxidation sites excluding steroid dienone is 2. The molecule has 0 aromatic heterocycles. The Balaban J connectivity index is 2.92. The van der Waals surface area contributed by atoms with Crippen LogP contribution >= 0.6 is 0 Å². The Hall–Kier alpha value is -0.760. The topological polar surface area (TPSA) is 29.5 Å². The molecule has 0 aromatic carbocycles. The highest BCUT2D eigenvalue weighted by molar-refractivity contribution is 4.82. The molecule has 0 fully saturated rings.